The summed E-state index contributed by atoms with van der Waals surface area (Å²) in [5.41, 5.74) is 1.70. The summed E-state index contributed by atoms with van der Waals surface area (Å²) in [4.78, 5) is 23.3. The van der Waals surface area contributed by atoms with Gasteiger partial charge in [0.05, 0.1) is 18.5 Å². The SMILES string of the molecule is Cc1nnc(-c2ccc3cnc(CC(=O)C4CCN(CC(F)F)CC4)nc3c2)s1. The van der Waals surface area contributed by atoms with Gasteiger partial charge >= 0.3 is 0 Å². The second-order valence-corrected chi connectivity index (χ2v) is 8.48. The van der Waals surface area contributed by atoms with Gasteiger partial charge in [-0.1, -0.05) is 23.5 Å². The number of Topliss-reactive ketones (excluding diaryl/α,β-unsaturated/α-hetero) is 1. The number of carbonyl (C=O) groups is 1. The van der Waals surface area contributed by atoms with Crippen LogP contribution in [0.2, 0.25) is 0 Å². The molecule has 0 aliphatic carbocycles. The highest BCUT2D eigenvalue weighted by Crippen LogP contribution is 2.26. The Morgan fingerprint density at radius 2 is 2.07 bits per heavy atom. The smallest absolute Gasteiger partial charge is 0.251 e. The number of nitrogens with zero attached hydrogens (tertiary/aromatic N) is 5. The van der Waals surface area contributed by atoms with Crippen LogP contribution in [0.3, 0.4) is 0 Å². The summed E-state index contributed by atoms with van der Waals surface area (Å²) in [5.74, 6) is 0.457. The lowest BCUT2D eigenvalue weighted by molar-refractivity contribution is -0.123. The normalized spacial score (nSPS) is 16.0. The number of hydrogen-bond acceptors (Lipinski definition) is 7. The maximum atomic E-state index is 12.7. The quantitative estimate of drug-likeness (QED) is 0.611. The Labute approximate surface area is 171 Å². The predicted octanol–water partition coefficient (Wildman–Crippen LogP) is 3.55. The summed E-state index contributed by atoms with van der Waals surface area (Å²) in [6, 6.07) is 5.84. The minimum atomic E-state index is -2.33. The minimum Gasteiger partial charge on any atom is -0.299 e. The van der Waals surface area contributed by atoms with E-state index < -0.39 is 6.43 Å². The van der Waals surface area contributed by atoms with Crippen molar-refractivity contribution in [3.05, 3.63) is 35.2 Å². The number of rotatable bonds is 6. The van der Waals surface area contributed by atoms with Gasteiger partial charge in [-0.2, -0.15) is 0 Å². The zero-order valence-electron chi connectivity index (χ0n) is 16.0. The number of likely N-dealkylation sites (tertiary alicyclic amines) is 1. The van der Waals surface area contributed by atoms with Crippen LogP contribution in [0, 0.1) is 12.8 Å². The average molecular weight is 417 g/mol. The molecule has 29 heavy (non-hydrogen) atoms. The Morgan fingerprint density at radius 3 is 2.76 bits per heavy atom. The van der Waals surface area contributed by atoms with Gasteiger partial charge in [-0.25, -0.2) is 18.7 Å². The van der Waals surface area contributed by atoms with Crippen molar-refractivity contribution in [3.63, 3.8) is 0 Å². The summed E-state index contributed by atoms with van der Waals surface area (Å²) < 4.78 is 25.0. The standard InChI is InChI=1S/C20H21F2N5OS/c1-12-25-26-20(29-12)14-2-3-15-10-23-19(24-16(15)8-14)9-17(28)13-4-6-27(7-5-13)11-18(21)22/h2-3,8,10,13,18H,4-7,9,11H2,1H3. The van der Waals surface area contributed by atoms with Crippen LogP contribution < -0.4 is 0 Å². The van der Waals surface area contributed by atoms with E-state index >= 15 is 0 Å². The van der Waals surface area contributed by atoms with E-state index in [9.17, 15) is 13.6 Å². The van der Waals surface area contributed by atoms with Crippen LogP contribution in [0.4, 0.5) is 8.78 Å². The van der Waals surface area contributed by atoms with E-state index in [1.54, 1.807) is 11.1 Å². The van der Waals surface area contributed by atoms with Crippen molar-refractivity contribution in [1.82, 2.24) is 25.1 Å². The van der Waals surface area contributed by atoms with Crippen molar-refractivity contribution >= 4 is 28.0 Å². The van der Waals surface area contributed by atoms with Crippen LogP contribution in [0.1, 0.15) is 23.7 Å². The molecule has 1 aromatic carbocycles. The molecule has 2 aromatic heterocycles. The summed E-state index contributed by atoms with van der Waals surface area (Å²) in [6.45, 7) is 2.76. The third-order valence-corrected chi connectivity index (χ3v) is 6.06. The molecule has 0 unspecified atom stereocenters. The van der Waals surface area contributed by atoms with E-state index in [1.807, 2.05) is 25.1 Å². The summed E-state index contributed by atoms with van der Waals surface area (Å²) in [6.07, 6.45) is 0.782. The molecule has 1 aliphatic rings. The maximum Gasteiger partial charge on any atom is 0.251 e. The highest BCUT2D eigenvalue weighted by Gasteiger charge is 2.26. The number of alkyl halides is 2. The molecule has 6 nitrogen and oxygen atoms in total. The molecule has 0 bridgehead atoms. The van der Waals surface area contributed by atoms with E-state index in [2.05, 4.69) is 20.2 Å². The third kappa shape index (κ3) is 4.79. The minimum absolute atomic E-state index is 0.0805. The maximum absolute atomic E-state index is 12.7. The Bertz CT molecular complexity index is 1020. The number of aromatic nitrogens is 4. The Balaban J connectivity index is 1.44. The first-order valence-electron chi connectivity index (χ1n) is 9.57. The van der Waals surface area contributed by atoms with Crippen LogP contribution in [-0.4, -0.2) is 56.9 Å². The first-order chi connectivity index (χ1) is 14.0. The van der Waals surface area contributed by atoms with E-state index in [4.69, 9.17) is 0 Å². The molecule has 0 atom stereocenters. The number of aryl methyl sites for hydroxylation is 1. The summed E-state index contributed by atoms with van der Waals surface area (Å²) >= 11 is 1.52. The second-order valence-electron chi connectivity index (χ2n) is 7.30. The van der Waals surface area contributed by atoms with E-state index in [0.717, 1.165) is 26.5 Å². The predicted molar refractivity (Wildman–Crippen MR) is 107 cm³/mol. The number of piperidine rings is 1. The molecule has 1 saturated heterocycles. The number of halogens is 2. The van der Waals surface area contributed by atoms with Gasteiger partial charge in [0, 0.05) is 23.1 Å². The lowest BCUT2D eigenvalue weighted by Crippen LogP contribution is -2.39. The van der Waals surface area contributed by atoms with Gasteiger partial charge in [0.2, 0.25) is 0 Å². The zero-order chi connectivity index (χ0) is 20.4. The monoisotopic (exact) mass is 417 g/mol. The molecule has 4 rings (SSSR count). The fraction of sp³-hybridized carbons (Fsp3) is 0.450. The van der Waals surface area contributed by atoms with Crippen LogP contribution >= 0.6 is 11.3 Å². The lowest BCUT2D eigenvalue weighted by Gasteiger charge is -2.30. The topological polar surface area (TPSA) is 71.9 Å². The molecule has 3 heterocycles. The van der Waals surface area contributed by atoms with Crippen LogP contribution in [0.25, 0.3) is 21.5 Å². The number of fused-ring (bicyclic) bond motifs is 1. The molecule has 1 aliphatic heterocycles. The molecular weight excluding hydrogens is 396 g/mol. The molecule has 0 N–H and O–H groups in total. The third-order valence-electron chi connectivity index (χ3n) is 5.18. The first-order valence-corrected chi connectivity index (χ1v) is 10.4. The first kappa shape index (κ1) is 19.9. The largest absolute Gasteiger partial charge is 0.299 e. The Morgan fingerprint density at radius 1 is 1.28 bits per heavy atom. The van der Waals surface area contributed by atoms with Gasteiger partial charge in [0.15, 0.2) is 0 Å². The molecule has 3 aromatic rings. The molecule has 0 saturated carbocycles. The molecular formula is C20H21F2N5OS. The van der Waals surface area contributed by atoms with Gasteiger partial charge in [-0.05, 0) is 38.9 Å². The highest BCUT2D eigenvalue weighted by atomic mass is 32.1. The Hall–Kier alpha value is -2.39. The molecule has 0 amide bonds. The van der Waals surface area contributed by atoms with Crippen LogP contribution in [0.5, 0.6) is 0 Å². The molecule has 152 valence electrons. The van der Waals surface area contributed by atoms with Crippen LogP contribution in [0.15, 0.2) is 24.4 Å². The zero-order valence-corrected chi connectivity index (χ0v) is 16.8. The fourth-order valence-corrected chi connectivity index (χ4v) is 4.31. The van der Waals surface area contributed by atoms with Gasteiger partial charge in [-0.15, -0.1) is 10.2 Å². The fourth-order valence-electron chi connectivity index (χ4n) is 3.63. The van der Waals surface area contributed by atoms with Crippen molar-refractivity contribution in [2.24, 2.45) is 5.92 Å². The summed E-state index contributed by atoms with van der Waals surface area (Å²) in [5, 5.41) is 10.8. The van der Waals surface area contributed by atoms with Crippen LogP contribution in [-0.2, 0) is 11.2 Å². The van der Waals surface area contributed by atoms with Crippen molar-refractivity contribution in [2.75, 3.05) is 19.6 Å². The van der Waals surface area contributed by atoms with E-state index in [0.29, 0.717) is 31.8 Å². The van der Waals surface area contributed by atoms with Gasteiger partial charge < -0.3 is 0 Å². The lowest BCUT2D eigenvalue weighted by atomic mass is 9.91. The number of carbonyl (C=O) groups excluding carboxylic acids is 1. The molecule has 0 spiro atoms. The average Bonchev–Trinajstić information content (AvgIpc) is 3.14. The van der Waals surface area contributed by atoms with Crippen molar-refractivity contribution < 1.29 is 13.6 Å². The number of benzene rings is 1. The number of hydrogen-bond donors (Lipinski definition) is 0. The van der Waals surface area contributed by atoms with E-state index in [-0.39, 0.29) is 24.7 Å². The highest BCUT2D eigenvalue weighted by molar-refractivity contribution is 7.14. The number of ketones is 1. The van der Waals surface area contributed by atoms with Gasteiger partial charge in [0.1, 0.15) is 21.6 Å². The van der Waals surface area contributed by atoms with Gasteiger partial charge in [-0.3, -0.25) is 9.69 Å². The van der Waals surface area contributed by atoms with Gasteiger partial charge in [0.25, 0.3) is 6.43 Å². The van der Waals surface area contributed by atoms with Crippen molar-refractivity contribution in [1.29, 1.82) is 0 Å². The summed E-state index contributed by atoms with van der Waals surface area (Å²) in [7, 11) is 0. The molecule has 9 heteroatoms. The Kier molecular flexibility index (Phi) is 5.86. The van der Waals surface area contributed by atoms with E-state index in [1.165, 1.54) is 11.3 Å². The molecule has 1 fully saturated rings. The van der Waals surface area contributed by atoms with Crippen molar-refractivity contribution in [3.8, 4) is 10.6 Å². The molecule has 0 radical (unpaired) electrons. The second kappa shape index (κ2) is 8.54. The van der Waals surface area contributed by atoms with Crippen molar-refractivity contribution in [2.45, 2.75) is 32.6 Å².